The van der Waals surface area contributed by atoms with E-state index < -0.39 is 6.04 Å². The maximum absolute atomic E-state index is 13.2. The van der Waals surface area contributed by atoms with E-state index in [-0.39, 0.29) is 17.9 Å². The van der Waals surface area contributed by atoms with Gasteiger partial charge in [0.05, 0.1) is 6.04 Å². The molecule has 2 aromatic carbocycles. The molecule has 7 heteroatoms. The zero-order valence-corrected chi connectivity index (χ0v) is 16.7. The van der Waals surface area contributed by atoms with E-state index in [4.69, 9.17) is 9.47 Å². The van der Waals surface area contributed by atoms with Crippen LogP contribution in [0.2, 0.25) is 0 Å². The molecule has 0 aromatic heterocycles. The summed E-state index contributed by atoms with van der Waals surface area (Å²) in [5.74, 6) is 1.15. The van der Waals surface area contributed by atoms with Gasteiger partial charge in [0.1, 0.15) is 19.3 Å². The maximum atomic E-state index is 13.2. The minimum atomic E-state index is -0.454. The second kappa shape index (κ2) is 7.99. The number of hydrogen-bond donors (Lipinski definition) is 2. The van der Waals surface area contributed by atoms with Crippen LogP contribution in [0.15, 0.2) is 42.5 Å². The number of likely N-dealkylation sites (tertiary alicyclic amines) is 1. The molecule has 156 valence electrons. The minimum Gasteiger partial charge on any atom is -0.486 e. The van der Waals surface area contributed by atoms with Crippen molar-refractivity contribution in [3.05, 3.63) is 53.6 Å². The summed E-state index contributed by atoms with van der Waals surface area (Å²) in [4.78, 5) is 27.9. The molecule has 2 amide bonds. The lowest BCUT2D eigenvalue weighted by Gasteiger charge is -2.31. The Hall–Kier alpha value is -3.06. The zero-order chi connectivity index (χ0) is 20.5. The lowest BCUT2D eigenvalue weighted by atomic mass is 9.95. The molecule has 2 aromatic rings. The van der Waals surface area contributed by atoms with Crippen LogP contribution < -0.4 is 20.1 Å². The third-order valence-electron chi connectivity index (χ3n) is 6.03. The van der Waals surface area contributed by atoms with Gasteiger partial charge in [-0.05, 0) is 42.5 Å². The number of nitrogens with one attached hydrogen (secondary N) is 2. The highest BCUT2D eigenvalue weighted by Crippen LogP contribution is 2.33. The number of carbonyl (C=O) groups is 2. The van der Waals surface area contributed by atoms with Gasteiger partial charge < -0.3 is 25.0 Å². The van der Waals surface area contributed by atoms with Crippen molar-refractivity contribution in [2.75, 3.05) is 25.1 Å². The molecule has 0 saturated carbocycles. The Morgan fingerprint density at radius 1 is 1.03 bits per heavy atom. The van der Waals surface area contributed by atoms with Crippen LogP contribution in [0.3, 0.4) is 0 Å². The van der Waals surface area contributed by atoms with Gasteiger partial charge in [-0.3, -0.25) is 9.59 Å². The highest BCUT2D eigenvalue weighted by molar-refractivity contribution is 5.98. The molecule has 2 atom stereocenters. The topological polar surface area (TPSA) is 79.9 Å². The van der Waals surface area contributed by atoms with Crippen LogP contribution in [-0.2, 0) is 22.6 Å². The smallest absolute Gasteiger partial charge is 0.247 e. The standard InChI is InChI=1S/C23H25N3O4/c27-22(25-17-7-8-20-21(13-17)30-11-10-29-20)19-6-3-9-26(19)23(28)18-12-15-4-1-2-5-16(15)14-24-18/h1-2,4-5,7-8,13,18-19,24H,3,6,9-12,14H2,(H,25,27). The van der Waals surface area contributed by atoms with E-state index in [1.54, 1.807) is 23.1 Å². The van der Waals surface area contributed by atoms with Gasteiger partial charge in [0, 0.05) is 24.8 Å². The summed E-state index contributed by atoms with van der Waals surface area (Å²) in [5, 5.41) is 6.29. The molecule has 0 spiro atoms. The average molecular weight is 407 g/mol. The molecule has 2 N–H and O–H groups in total. The molecule has 5 rings (SSSR count). The maximum Gasteiger partial charge on any atom is 0.247 e. The largest absolute Gasteiger partial charge is 0.486 e. The summed E-state index contributed by atoms with van der Waals surface area (Å²) in [6, 6.07) is 12.8. The number of benzene rings is 2. The van der Waals surface area contributed by atoms with Gasteiger partial charge >= 0.3 is 0 Å². The number of hydrogen-bond acceptors (Lipinski definition) is 5. The first-order valence-electron chi connectivity index (χ1n) is 10.5. The summed E-state index contributed by atoms with van der Waals surface area (Å²) >= 11 is 0. The van der Waals surface area contributed by atoms with Crippen LogP contribution in [0.1, 0.15) is 24.0 Å². The van der Waals surface area contributed by atoms with Crippen LogP contribution >= 0.6 is 0 Å². The lowest BCUT2D eigenvalue weighted by Crippen LogP contribution is -2.53. The summed E-state index contributed by atoms with van der Waals surface area (Å²) in [7, 11) is 0. The summed E-state index contributed by atoms with van der Waals surface area (Å²) in [6.45, 7) is 2.30. The summed E-state index contributed by atoms with van der Waals surface area (Å²) in [5.41, 5.74) is 3.08. The Morgan fingerprint density at radius 3 is 2.70 bits per heavy atom. The van der Waals surface area contributed by atoms with Crippen molar-refractivity contribution in [1.29, 1.82) is 0 Å². The van der Waals surface area contributed by atoms with E-state index in [9.17, 15) is 9.59 Å². The molecule has 0 aliphatic carbocycles. The number of ether oxygens (including phenoxy) is 2. The Morgan fingerprint density at radius 2 is 1.83 bits per heavy atom. The first-order valence-corrected chi connectivity index (χ1v) is 10.5. The zero-order valence-electron chi connectivity index (χ0n) is 16.7. The molecular weight excluding hydrogens is 382 g/mol. The highest BCUT2D eigenvalue weighted by Gasteiger charge is 2.38. The molecule has 30 heavy (non-hydrogen) atoms. The van der Waals surface area contributed by atoms with Crippen LogP contribution in [0, 0.1) is 0 Å². The van der Waals surface area contributed by atoms with E-state index >= 15 is 0 Å². The van der Waals surface area contributed by atoms with Crippen molar-refractivity contribution >= 4 is 17.5 Å². The van der Waals surface area contributed by atoms with Gasteiger partial charge in [0.2, 0.25) is 11.8 Å². The van der Waals surface area contributed by atoms with Gasteiger partial charge in [-0.1, -0.05) is 24.3 Å². The predicted octanol–water partition coefficient (Wildman–Crippen LogP) is 2.10. The Balaban J connectivity index is 1.27. The van der Waals surface area contributed by atoms with Gasteiger partial charge in [-0.2, -0.15) is 0 Å². The molecule has 0 bridgehead atoms. The normalized spacial score (nSPS) is 22.3. The molecular formula is C23H25N3O4. The predicted molar refractivity (Wildman–Crippen MR) is 112 cm³/mol. The summed E-state index contributed by atoms with van der Waals surface area (Å²) in [6.07, 6.45) is 2.15. The quantitative estimate of drug-likeness (QED) is 0.815. The second-order valence-electron chi connectivity index (χ2n) is 7.94. The summed E-state index contributed by atoms with van der Waals surface area (Å²) < 4.78 is 11.1. The Bertz CT molecular complexity index is 977. The fourth-order valence-electron chi connectivity index (χ4n) is 4.48. The van der Waals surface area contributed by atoms with Crippen LogP contribution in [-0.4, -0.2) is 48.6 Å². The van der Waals surface area contributed by atoms with E-state index in [1.807, 2.05) is 12.1 Å². The van der Waals surface area contributed by atoms with Crippen molar-refractivity contribution in [3.8, 4) is 11.5 Å². The Kier molecular flexibility index (Phi) is 5.04. The molecule has 3 aliphatic heterocycles. The lowest BCUT2D eigenvalue weighted by molar-refractivity contribution is -0.138. The van der Waals surface area contributed by atoms with Crippen molar-refractivity contribution < 1.29 is 19.1 Å². The van der Waals surface area contributed by atoms with E-state index in [1.165, 1.54) is 11.1 Å². The van der Waals surface area contributed by atoms with Gasteiger partial charge in [0.25, 0.3) is 0 Å². The number of nitrogens with zero attached hydrogens (tertiary/aromatic N) is 1. The number of fused-ring (bicyclic) bond motifs is 2. The van der Waals surface area contributed by atoms with E-state index in [0.29, 0.717) is 56.3 Å². The van der Waals surface area contributed by atoms with Crippen LogP contribution in [0.4, 0.5) is 5.69 Å². The molecule has 7 nitrogen and oxygen atoms in total. The third kappa shape index (κ3) is 3.61. The highest BCUT2D eigenvalue weighted by atomic mass is 16.6. The van der Waals surface area contributed by atoms with Crippen molar-refractivity contribution in [2.24, 2.45) is 0 Å². The first kappa shape index (κ1) is 18.9. The number of amides is 2. The van der Waals surface area contributed by atoms with Crippen molar-refractivity contribution in [3.63, 3.8) is 0 Å². The molecule has 3 aliphatic rings. The monoisotopic (exact) mass is 407 g/mol. The number of rotatable bonds is 3. The second-order valence-corrected chi connectivity index (χ2v) is 7.94. The molecule has 3 heterocycles. The van der Waals surface area contributed by atoms with Crippen LogP contribution in [0.5, 0.6) is 11.5 Å². The number of anilines is 1. The molecule has 1 saturated heterocycles. The van der Waals surface area contributed by atoms with Crippen molar-refractivity contribution in [2.45, 2.75) is 37.9 Å². The molecule has 1 fully saturated rings. The van der Waals surface area contributed by atoms with Gasteiger partial charge in [-0.25, -0.2) is 0 Å². The fourth-order valence-corrected chi connectivity index (χ4v) is 4.48. The number of carbonyl (C=O) groups excluding carboxylic acids is 2. The SMILES string of the molecule is O=C(Nc1ccc2c(c1)OCCO2)C1CCCN1C(=O)C1Cc2ccccc2CN1. The van der Waals surface area contributed by atoms with Gasteiger partial charge in [0.15, 0.2) is 11.5 Å². The van der Waals surface area contributed by atoms with E-state index in [2.05, 4.69) is 22.8 Å². The Labute approximate surface area is 175 Å². The molecule has 0 radical (unpaired) electrons. The van der Waals surface area contributed by atoms with Gasteiger partial charge in [-0.15, -0.1) is 0 Å². The third-order valence-corrected chi connectivity index (χ3v) is 6.03. The average Bonchev–Trinajstić information content (AvgIpc) is 3.28. The van der Waals surface area contributed by atoms with Crippen LogP contribution in [0.25, 0.3) is 0 Å². The molecule has 2 unspecified atom stereocenters. The fraction of sp³-hybridized carbons (Fsp3) is 0.391. The minimum absolute atomic E-state index is 0.00401. The van der Waals surface area contributed by atoms with E-state index in [0.717, 1.165) is 6.42 Å². The first-order chi connectivity index (χ1) is 14.7. The van der Waals surface area contributed by atoms with Crippen molar-refractivity contribution in [1.82, 2.24) is 10.2 Å².